The summed E-state index contributed by atoms with van der Waals surface area (Å²) in [5.74, 6) is 1.90. The molecule has 1 spiro atoms. The van der Waals surface area contributed by atoms with E-state index < -0.39 is 0 Å². The summed E-state index contributed by atoms with van der Waals surface area (Å²) in [5.41, 5.74) is 3.81. The summed E-state index contributed by atoms with van der Waals surface area (Å²) < 4.78 is 1.88. The Hall–Kier alpha value is -2.37. The van der Waals surface area contributed by atoms with Crippen LogP contribution in [0.1, 0.15) is 49.6 Å². The fourth-order valence-corrected chi connectivity index (χ4v) is 4.29. The number of aromatic nitrogens is 3. The molecule has 0 unspecified atom stereocenters. The smallest absolute Gasteiger partial charge is 0.194 e. The maximum atomic E-state index is 4.88. The number of hydrogen-bond donors (Lipinski definition) is 1. The lowest BCUT2D eigenvalue weighted by Gasteiger charge is -2.38. The molecule has 6 nitrogen and oxygen atoms in total. The van der Waals surface area contributed by atoms with Crippen molar-refractivity contribution in [1.29, 1.82) is 0 Å². The summed E-state index contributed by atoms with van der Waals surface area (Å²) in [6.45, 7) is 10.0. The molecule has 27 heavy (non-hydrogen) atoms. The standard InChI is InChI=1S/C21H30N6/c1-4-22-20(26-11-10-21(15-26)8-5-9-21)24-14-18-6-7-19(23-13-18)27-17(3)12-16(2)25-27/h6-7,12-13H,4-5,8-11,14-15H2,1-3H3,(H,22,24). The summed E-state index contributed by atoms with van der Waals surface area (Å²) in [6.07, 6.45) is 7.41. The lowest BCUT2D eigenvalue weighted by molar-refractivity contribution is 0.151. The number of hydrogen-bond acceptors (Lipinski definition) is 3. The average Bonchev–Trinajstić information content (AvgIpc) is 3.23. The molecular weight excluding hydrogens is 336 g/mol. The van der Waals surface area contributed by atoms with Crippen molar-refractivity contribution >= 4 is 5.96 Å². The average molecular weight is 367 g/mol. The Labute approximate surface area is 161 Å². The Morgan fingerprint density at radius 2 is 2.11 bits per heavy atom. The summed E-state index contributed by atoms with van der Waals surface area (Å²) >= 11 is 0. The SMILES string of the molecule is CCNC(=NCc1ccc(-n2nc(C)cc2C)nc1)N1CCC2(CCC2)C1. The third kappa shape index (κ3) is 3.70. The molecule has 1 saturated heterocycles. The summed E-state index contributed by atoms with van der Waals surface area (Å²) in [4.78, 5) is 11.9. The third-order valence-electron chi connectivity index (χ3n) is 5.93. The number of guanidine groups is 1. The van der Waals surface area contributed by atoms with Crippen molar-refractivity contribution in [3.8, 4) is 5.82 Å². The molecule has 2 fully saturated rings. The molecule has 3 heterocycles. The van der Waals surface area contributed by atoms with E-state index in [4.69, 9.17) is 4.99 Å². The Balaban J connectivity index is 1.44. The van der Waals surface area contributed by atoms with Gasteiger partial charge < -0.3 is 10.2 Å². The van der Waals surface area contributed by atoms with Crippen molar-refractivity contribution in [2.75, 3.05) is 19.6 Å². The highest BCUT2D eigenvalue weighted by Crippen LogP contribution is 2.47. The molecule has 1 N–H and O–H groups in total. The molecule has 1 aliphatic carbocycles. The Kier molecular flexibility index (Phi) is 4.89. The Morgan fingerprint density at radius 1 is 1.26 bits per heavy atom. The predicted octanol–water partition coefficient (Wildman–Crippen LogP) is 3.23. The Bertz CT molecular complexity index is 816. The van der Waals surface area contributed by atoms with Gasteiger partial charge in [-0.15, -0.1) is 0 Å². The van der Waals surface area contributed by atoms with Crippen LogP contribution in [0.3, 0.4) is 0 Å². The quantitative estimate of drug-likeness (QED) is 0.667. The van der Waals surface area contributed by atoms with E-state index in [0.717, 1.165) is 48.4 Å². The molecule has 0 radical (unpaired) electrons. The van der Waals surface area contributed by atoms with E-state index in [1.54, 1.807) is 0 Å². The zero-order valence-electron chi connectivity index (χ0n) is 16.7. The van der Waals surface area contributed by atoms with Gasteiger partial charge in [0.25, 0.3) is 0 Å². The molecule has 2 aromatic heterocycles. The largest absolute Gasteiger partial charge is 0.357 e. The van der Waals surface area contributed by atoms with E-state index in [2.05, 4.69) is 39.4 Å². The number of nitrogens with zero attached hydrogens (tertiary/aromatic N) is 5. The van der Waals surface area contributed by atoms with Crippen LogP contribution >= 0.6 is 0 Å². The van der Waals surface area contributed by atoms with Crippen LogP contribution < -0.4 is 5.32 Å². The van der Waals surface area contributed by atoms with Crippen LogP contribution in [-0.2, 0) is 6.54 Å². The van der Waals surface area contributed by atoms with Gasteiger partial charge in [0, 0.05) is 31.5 Å². The van der Waals surface area contributed by atoms with Gasteiger partial charge in [0.1, 0.15) is 0 Å². The highest BCUT2D eigenvalue weighted by Gasteiger charge is 2.43. The molecule has 0 atom stereocenters. The normalized spacial score (nSPS) is 18.8. The van der Waals surface area contributed by atoms with Gasteiger partial charge in [-0.2, -0.15) is 5.10 Å². The lowest BCUT2D eigenvalue weighted by Crippen LogP contribution is -2.42. The molecule has 144 valence electrons. The fourth-order valence-electron chi connectivity index (χ4n) is 4.29. The molecule has 2 aliphatic rings. The number of nitrogens with one attached hydrogen (secondary N) is 1. The lowest BCUT2D eigenvalue weighted by atomic mass is 9.68. The molecule has 0 bridgehead atoms. The fraction of sp³-hybridized carbons (Fsp3) is 0.571. The zero-order valence-corrected chi connectivity index (χ0v) is 16.7. The van der Waals surface area contributed by atoms with Gasteiger partial charge >= 0.3 is 0 Å². The first-order valence-electron chi connectivity index (χ1n) is 10.1. The second-order valence-electron chi connectivity index (χ2n) is 8.06. The zero-order chi connectivity index (χ0) is 18.9. The van der Waals surface area contributed by atoms with E-state index in [1.807, 2.05) is 30.8 Å². The topological polar surface area (TPSA) is 58.3 Å². The number of aliphatic imine (C=N–C) groups is 1. The maximum Gasteiger partial charge on any atom is 0.194 e. The van der Waals surface area contributed by atoms with Crippen LogP contribution in [0.2, 0.25) is 0 Å². The monoisotopic (exact) mass is 366 g/mol. The van der Waals surface area contributed by atoms with Gasteiger partial charge in [-0.25, -0.2) is 14.7 Å². The van der Waals surface area contributed by atoms with E-state index >= 15 is 0 Å². The van der Waals surface area contributed by atoms with E-state index in [9.17, 15) is 0 Å². The van der Waals surface area contributed by atoms with Gasteiger partial charge in [0.15, 0.2) is 11.8 Å². The van der Waals surface area contributed by atoms with Crippen LogP contribution in [0, 0.1) is 19.3 Å². The van der Waals surface area contributed by atoms with Crippen molar-refractivity contribution < 1.29 is 0 Å². The van der Waals surface area contributed by atoms with E-state index in [0.29, 0.717) is 12.0 Å². The first kappa shape index (κ1) is 18.0. The van der Waals surface area contributed by atoms with Crippen LogP contribution in [-0.4, -0.2) is 45.3 Å². The van der Waals surface area contributed by atoms with Crippen LogP contribution in [0.5, 0.6) is 0 Å². The highest BCUT2D eigenvalue weighted by molar-refractivity contribution is 5.80. The Morgan fingerprint density at radius 3 is 2.67 bits per heavy atom. The summed E-state index contributed by atoms with van der Waals surface area (Å²) in [7, 11) is 0. The molecule has 1 saturated carbocycles. The minimum Gasteiger partial charge on any atom is -0.357 e. The minimum atomic E-state index is 0.582. The van der Waals surface area contributed by atoms with E-state index in [1.165, 1.54) is 25.7 Å². The highest BCUT2D eigenvalue weighted by atomic mass is 15.3. The number of pyridine rings is 1. The molecule has 6 heteroatoms. The first-order chi connectivity index (χ1) is 13.1. The van der Waals surface area contributed by atoms with Gasteiger partial charge in [-0.1, -0.05) is 12.5 Å². The van der Waals surface area contributed by atoms with Gasteiger partial charge in [0.05, 0.1) is 12.2 Å². The third-order valence-corrected chi connectivity index (χ3v) is 5.93. The predicted molar refractivity (Wildman–Crippen MR) is 108 cm³/mol. The van der Waals surface area contributed by atoms with Gasteiger partial charge in [-0.05, 0) is 63.1 Å². The van der Waals surface area contributed by atoms with Crippen molar-refractivity contribution in [3.63, 3.8) is 0 Å². The van der Waals surface area contributed by atoms with Crippen LogP contribution in [0.15, 0.2) is 29.4 Å². The number of rotatable bonds is 4. The molecule has 0 amide bonds. The second-order valence-corrected chi connectivity index (χ2v) is 8.06. The van der Waals surface area contributed by atoms with E-state index in [-0.39, 0.29) is 0 Å². The molecule has 0 aromatic carbocycles. The molecular formula is C21H30N6. The summed E-state index contributed by atoms with van der Waals surface area (Å²) in [5, 5.41) is 7.97. The maximum absolute atomic E-state index is 4.88. The van der Waals surface area contributed by atoms with Gasteiger partial charge in [-0.3, -0.25) is 0 Å². The van der Waals surface area contributed by atoms with Crippen molar-refractivity contribution in [2.24, 2.45) is 10.4 Å². The van der Waals surface area contributed by atoms with Gasteiger partial charge in [0.2, 0.25) is 0 Å². The molecule has 2 aromatic rings. The number of aryl methyl sites for hydroxylation is 2. The minimum absolute atomic E-state index is 0.582. The van der Waals surface area contributed by atoms with Crippen molar-refractivity contribution in [2.45, 2.75) is 53.0 Å². The van der Waals surface area contributed by atoms with Crippen molar-refractivity contribution in [3.05, 3.63) is 41.3 Å². The van der Waals surface area contributed by atoms with Crippen LogP contribution in [0.4, 0.5) is 0 Å². The second kappa shape index (κ2) is 7.33. The summed E-state index contributed by atoms with van der Waals surface area (Å²) in [6, 6.07) is 6.19. The van der Waals surface area contributed by atoms with Crippen LogP contribution in [0.25, 0.3) is 5.82 Å². The first-order valence-corrected chi connectivity index (χ1v) is 10.1. The molecule has 4 rings (SSSR count). The van der Waals surface area contributed by atoms with Crippen molar-refractivity contribution in [1.82, 2.24) is 25.0 Å². The molecule has 1 aliphatic heterocycles. The number of likely N-dealkylation sites (tertiary alicyclic amines) is 1.